The molecule has 0 aromatic carbocycles. The Balaban J connectivity index is 1.60. The second-order valence-electron chi connectivity index (χ2n) is 8.90. The monoisotopic (exact) mass is 472 g/mol. The number of hydrogen-bond acceptors (Lipinski definition) is 6. The molecular weight excluding hydrogens is 444 g/mol. The Labute approximate surface area is 199 Å². The molecule has 0 bridgehead atoms. The first-order valence-corrected chi connectivity index (χ1v) is 11.1. The van der Waals surface area contributed by atoms with E-state index in [1.807, 2.05) is 45.9 Å². The van der Waals surface area contributed by atoms with Crippen molar-refractivity contribution in [3.05, 3.63) is 52.9 Å². The largest absolute Gasteiger partial charge is 0.495 e. The fourth-order valence-electron chi connectivity index (χ4n) is 3.42. The molecule has 0 aliphatic carbocycles. The molecule has 33 heavy (non-hydrogen) atoms. The number of anilines is 1. The Bertz CT molecular complexity index is 1050. The molecule has 176 valence electrons. The van der Waals surface area contributed by atoms with E-state index in [1.54, 1.807) is 17.2 Å². The van der Waals surface area contributed by atoms with Crippen LogP contribution in [0.3, 0.4) is 0 Å². The average molecular weight is 473 g/mol. The van der Waals surface area contributed by atoms with Crippen molar-refractivity contribution in [1.29, 1.82) is 0 Å². The summed E-state index contributed by atoms with van der Waals surface area (Å²) in [6, 6.07) is 5.34. The summed E-state index contributed by atoms with van der Waals surface area (Å²) in [7, 11) is 1.50. The van der Waals surface area contributed by atoms with Gasteiger partial charge in [0.15, 0.2) is 0 Å². The summed E-state index contributed by atoms with van der Waals surface area (Å²) >= 11 is 5.96. The minimum absolute atomic E-state index is 0.00373. The first-order valence-electron chi connectivity index (χ1n) is 10.7. The van der Waals surface area contributed by atoms with Crippen molar-refractivity contribution in [2.75, 3.05) is 19.0 Å². The Morgan fingerprint density at radius 3 is 2.61 bits per heavy atom. The number of carbonyl (C=O) groups excluding carboxylic acids is 2. The van der Waals surface area contributed by atoms with E-state index >= 15 is 0 Å². The summed E-state index contributed by atoms with van der Waals surface area (Å²) in [5, 5.41) is 3.10. The lowest BCUT2D eigenvalue weighted by atomic mass is 9.98. The molecule has 0 spiro atoms. The van der Waals surface area contributed by atoms with Gasteiger partial charge < -0.3 is 19.7 Å². The van der Waals surface area contributed by atoms with Crippen LogP contribution in [0.2, 0.25) is 5.02 Å². The highest BCUT2D eigenvalue weighted by Gasteiger charge is 2.29. The zero-order chi connectivity index (χ0) is 24.2. The zero-order valence-corrected chi connectivity index (χ0v) is 20.3. The summed E-state index contributed by atoms with van der Waals surface area (Å²) in [5.74, 6) is 0.579. The predicted molar refractivity (Wildman–Crippen MR) is 127 cm³/mol. The number of pyridine rings is 2. The molecule has 1 aliphatic rings. The van der Waals surface area contributed by atoms with Crippen molar-refractivity contribution in [2.24, 2.45) is 0 Å². The molecule has 0 saturated heterocycles. The molecule has 3 rings (SSSR count). The molecule has 2 aromatic heterocycles. The van der Waals surface area contributed by atoms with E-state index in [1.165, 1.54) is 13.3 Å². The van der Waals surface area contributed by atoms with Gasteiger partial charge in [0.25, 0.3) is 0 Å². The fourth-order valence-corrected chi connectivity index (χ4v) is 3.60. The van der Waals surface area contributed by atoms with Gasteiger partial charge in [-0.1, -0.05) is 23.7 Å². The molecule has 1 atom stereocenters. The molecule has 2 amide bonds. The van der Waals surface area contributed by atoms with E-state index in [4.69, 9.17) is 21.1 Å². The van der Waals surface area contributed by atoms with Gasteiger partial charge in [-0.15, -0.1) is 0 Å². The van der Waals surface area contributed by atoms with Crippen molar-refractivity contribution in [2.45, 2.75) is 52.2 Å². The summed E-state index contributed by atoms with van der Waals surface area (Å²) < 4.78 is 10.6. The Kier molecular flexibility index (Phi) is 7.58. The first-order chi connectivity index (χ1) is 15.6. The van der Waals surface area contributed by atoms with Gasteiger partial charge in [0.05, 0.1) is 25.4 Å². The number of nitrogens with zero attached hydrogens (tertiary/aromatic N) is 3. The zero-order valence-electron chi connectivity index (χ0n) is 19.5. The van der Waals surface area contributed by atoms with Gasteiger partial charge >= 0.3 is 6.09 Å². The van der Waals surface area contributed by atoms with Gasteiger partial charge in [-0.05, 0) is 51.3 Å². The van der Waals surface area contributed by atoms with Gasteiger partial charge in [-0.3, -0.25) is 9.78 Å². The van der Waals surface area contributed by atoms with E-state index in [-0.39, 0.29) is 24.5 Å². The Morgan fingerprint density at radius 1 is 1.24 bits per heavy atom. The quantitative estimate of drug-likeness (QED) is 0.676. The van der Waals surface area contributed by atoms with Crippen LogP contribution in [0.15, 0.2) is 36.7 Å². The SMILES string of the molecule is COc1cc(NC(=O)Cc2ccc(C3=CCN(C(=O)OC(C)(C)C)C(C)C3)nc2)ncc1Cl. The van der Waals surface area contributed by atoms with Crippen molar-refractivity contribution in [3.63, 3.8) is 0 Å². The number of nitrogens with one attached hydrogen (secondary N) is 1. The van der Waals surface area contributed by atoms with Gasteiger partial charge in [-0.25, -0.2) is 9.78 Å². The molecule has 2 aromatic rings. The standard InChI is InChI=1S/C24H29ClN4O4/c1-15-10-17(8-9-29(15)23(31)33-24(2,3)4)19-7-6-16(13-26-19)11-22(30)28-21-12-20(32-5)18(25)14-27-21/h6-8,12-15H,9-11H2,1-5H3,(H,27,28,30). The maximum absolute atomic E-state index is 12.4. The molecule has 0 fully saturated rings. The smallest absolute Gasteiger partial charge is 0.410 e. The molecule has 0 radical (unpaired) electrons. The average Bonchev–Trinajstić information content (AvgIpc) is 2.74. The third-order valence-electron chi connectivity index (χ3n) is 5.04. The van der Waals surface area contributed by atoms with Crippen LogP contribution in [0, 0.1) is 0 Å². The third kappa shape index (κ3) is 6.68. The number of carbonyl (C=O) groups is 2. The lowest BCUT2D eigenvalue weighted by molar-refractivity contribution is -0.115. The summed E-state index contributed by atoms with van der Waals surface area (Å²) in [4.78, 5) is 35.1. The molecule has 9 heteroatoms. The lowest BCUT2D eigenvalue weighted by Gasteiger charge is -2.34. The number of aromatic nitrogens is 2. The molecule has 1 N–H and O–H groups in total. The van der Waals surface area contributed by atoms with E-state index in [2.05, 4.69) is 15.3 Å². The van der Waals surface area contributed by atoms with Crippen LogP contribution >= 0.6 is 11.6 Å². The normalized spacial score (nSPS) is 16.1. The van der Waals surface area contributed by atoms with Gasteiger partial charge in [0.1, 0.15) is 22.2 Å². The molecular formula is C24H29ClN4O4. The number of methoxy groups -OCH3 is 1. The van der Waals surface area contributed by atoms with E-state index in [0.717, 1.165) is 16.8 Å². The summed E-state index contributed by atoms with van der Waals surface area (Å²) in [6.07, 6.45) is 5.63. The van der Waals surface area contributed by atoms with E-state index < -0.39 is 5.60 Å². The summed E-state index contributed by atoms with van der Waals surface area (Å²) in [5.41, 5.74) is 2.15. The minimum Gasteiger partial charge on any atom is -0.495 e. The topological polar surface area (TPSA) is 93.7 Å². The number of ether oxygens (including phenoxy) is 2. The van der Waals surface area contributed by atoms with Crippen molar-refractivity contribution in [3.8, 4) is 5.75 Å². The van der Waals surface area contributed by atoms with Gasteiger partial charge in [-0.2, -0.15) is 0 Å². The van der Waals surface area contributed by atoms with Crippen molar-refractivity contribution < 1.29 is 19.1 Å². The number of hydrogen-bond donors (Lipinski definition) is 1. The maximum Gasteiger partial charge on any atom is 0.410 e. The highest BCUT2D eigenvalue weighted by atomic mass is 35.5. The number of halogens is 1. The Morgan fingerprint density at radius 2 is 2.00 bits per heavy atom. The lowest BCUT2D eigenvalue weighted by Crippen LogP contribution is -2.44. The molecule has 1 unspecified atom stereocenters. The third-order valence-corrected chi connectivity index (χ3v) is 5.32. The van der Waals surface area contributed by atoms with Crippen LogP contribution in [0.25, 0.3) is 5.57 Å². The summed E-state index contributed by atoms with van der Waals surface area (Å²) in [6.45, 7) is 8.03. The number of rotatable bonds is 5. The van der Waals surface area contributed by atoms with Crippen LogP contribution in [0.5, 0.6) is 5.75 Å². The van der Waals surface area contributed by atoms with Crippen LogP contribution in [0.4, 0.5) is 10.6 Å². The van der Waals surface area contributed by atoms with E-state index in [9.17, 15) is 9.59 Å². The minimum atomic E-state index is -0.528. The van der Waals surface area contributed by atoms with E-state index in [0.29, 0.717) is 29.6 Å². The van der Waals surface area contributed by atoms with Gasteiger partial charge in [0.2, 0.25) is 5.91 Å². The van der Waals surface area contributed by atoms with Crippen molar-refractivity contribution >= 4 is 35.0 Å². The van der Waals surface area contributed by atoms with Crippen LogP contribution in [0.1, 0.15) is 45.4 Å². The fraction of sp³-hybridized carbons (Fsp3) is 0.417. The van der Waals surface area contributed by atoms with Crippen LogP contribution in [-0.2, 0) is 16.0 Å². The second kappa shape index (κ2) is 10.2. The first kappa shape index (κ1) is 24.5. The highest BCUT2D eigenvalue weighted by Crippen LogP contribution is 2.27. The molecule has 0 saturated carbocycles. The van der Waals surface area contributed by atoms with Gasteiger partial charge in [0, 0.05) is 24.8 Å². The molecule has 1 aliphatic heterocycles. The molecule has 8 nitrogen and oxygen atoms in total. The van der Waals surface area contributed by atoms with Crippen LogP contribution in [-0.4, -0.2) is 52.2 Å². The highest BCUT2D eigenvalue weighted by molar-refractivity contribution is 6.32. The van der Waals surface area contributed by atoms with Crippen LogP contribution < -0.4 is 10.1 Å². The number of amides is 2. The predicted octanol–water partition coefficient (Wildman–Crippen LogP) is 4.73. The van der Waals surface area contributed by atoms with Crippen molar-refractivity contribution in [1.82, 2.24) is 14.9 Å². The Hall–Kier alpha value is -3.13. The molecule has 3 heterocycles. The maximum atomic E-state index is 12.4. The second-order valence-corrected chi connectivity index (χ2v) is 9.30.